The zero-order valence-electron chi connectivity index (χ0n) is 12.2. The molecule has 4 nitrogen and oxygen atoms in total. The average Bonchev–Trinajstić information content (AvgIpc) is 2.40. The zero-order chi connectivity index (χ0) is 15.0. The van der Waals surface area contributed by atoms with Crippen molar-refractivity contribution in [2.24, 2.45) is 0 Å². The maximum absolute atomic E-state index is 11.7. The summed E-state index contributed by atoms with van der Waals surface area (Å²) in [5, 5.41) is 11.5. The lowest BCUT2D eigenvalue weighted by Crippen LogP contribution is -2.21. The first-order valence-corrected chi connectivity index (χ1v) is 6.64. The molecule has 0 aliphatic heterocycles. The predicted octanol–water partition coefficient (Wildman–Crippen LogP) is 2.09. The number of benzene rings is 1. The quantitative estimate of drug-likeness (QED) is 0.809. The maximum Gasteiger partial charge on any atom is 0.250 e. The van der Waals surface area contributed by atoms with E-state index in [1.807, 2.05) is 39.0 Å². The number of aryl methyl sites for hydroxylation is 1. The highest BCUT2D eigenvalue weighted by molar-refractivity contribution is 5.92. The Morgan fingerprint density at radius 1 is 1.45 bits per heavy atom. The highest BCUT2D eigenvalue weighted by Gasteiger charge is 2.06. The Morgan fingerprint density at radius 2 is 2.20 bits per heavy atom. The van der Waals surface area contributed by atoms with Crippen molar-refractivity contribution in [2.45, 2.75) is 33.3 Å². The van der Waals surface area contributed by atoms with Gasteiger partial charge in [0, 0.05) is 17.7 Å². The highest BCUT2D eigenvalue weighted by atomic mass is 16.5. The fourth-order valence-corrected chi connectivity index (χ4v) is 1.53. The number of hydrogen-bond acceptors (Lipinski definition) is 3. The molecule has 0 bridgehead atoms. The van der Waals surface area contributed by atoms with Gasteiger partial charge < -0.3 is 15.2 Å². The van der Waals surface area contributed by atoms with E-state index < -0.39 is 0 Å². The molecule has 0 fully saturated rings. The van der Waals surface area contributed by atoms with E-state index in [-0.39, 0.29) is 25.2 Å². The lowest BCUT2D eigenvalue weighted by molar-refractivity contribution is -0.121. The molecule has 0 aromatic heterocycles. The van der Waals surface area contributed by atoms with Crippen molar-refractivity contribution in [3.05, 3.63) is 29.3 Å². The number of ether oxygens (including phenoxy) is 1. The van der Waals surface area contributed by atoms with Crippen LogP contribution in [0.25, 0.3) is 0 Å². The topological polar surface area (TPSA) is 58.6 Å². The molecular weight excluding hydrogens is 254 g/mol. The first-order chi connectivity index (χ1) is 9.52. The third-order valence-electron chi connectivity index (χ3n) is 2.52. The van der Waals surface area contributed by atoms with E-state index in [2.05, 4.69) is 17.2 Å². The average molecular weight is 275 g/mol. The van der Waals surface area contributed by atoms with Crippen LogP contribution in [-0.4, -0.2) is 30.3 Å². The van der Waals surface area contributed by atoms with Crippen LogP contribution < -0.4 is 5.32 Å². The summed E-state index contributed by atoms with van der Waals surface area (Å²) < 4.78 is 5.25. The van der Waals surface area contributed by atoms with E-state index in [1.165, 1.54) is 0 Å². The standard InChI is InChI=1S/C16H21NO3/c1-12(2)20-11-16(19)17-15-8-7-14(10-13(15)3)6-4-5-9-18/h7-8,10,12,18H,5,9,11H2,1-3H3,(H,17,19). The van der Waals surface area contributed by atoms with Crippen LogP contribution in [0.4, 0.5) is 5.69 Å². The largest absolute Gasteiger partial charge is 0.395 e. The first kappa shape index (κ1) is 16.2. The molecule has 2 N–H and O–H groups in total. The second kappa shape index (κ2) is 8.36. The molecular formula is C16H21NO3. The molecule has 0 unspecified atom stereocenters. The minimum absolute atomic E-state index is 0.0334. The Kier molecular flexibility index (Phi) is 6.78. The minimum atomic E-state index is -0.166. The van der Waals surface area contributed by atoms with Gasteiger partial charge in [-0.2, -0.15) is 0 Å². The minimum Gasteiger partial charge on any atom is -0.395 e. The third kappa shape index (κ3) is 5.87. The van der Waals surface area contributed by atoms with E-state index >= 15 is 0 Å². The van der Waals surface area contributed by atoms with Crippen LogP contribution in [0.1, 0.15) is 31.4 Å². The summed E-state index contributed by atoms with van der Waals surface area (Å²) in [6, 6.07) is 5.57. The second-order valence-electron chi connectivity index (χ2n) is 4.71. The van der Waals surface area contributed by atoms with Crippen molar-refractivity contribution < 1.29 is 14.6 Å². The fourth-order valence-electron chi connectivity index (χ4n) is 1.53. The normalized spacial score (nSPS) is 10.1. The van der Waals surface area contributed by atoms with Gasteiger partial charge in [0.2, 0.25) is 5.91 Å². The van der Waals surface area contributed by atoms with Crippen molar-refractivity contribution >= 4 is 11.6 Å². The molecule has 20 heavy (non-hydrogen) atoms. The lowest BCUT2D eigenvalue weighted by Gasteiger charge is -2.10. The number of rotatable bonds is 5. The molecule has 0 saturated carbocycles. The summed E-state index contributed by atoms with van der Waals surface area (Å²) in [5.41, 5.74) is 2.57. The van der Waals surface area contributed by atoms with Crippen LogP contribution in [-0.2, 0) is 9.53 Å². The molecule has 1 rings (SSSR count). The summed E-state index contributed by atoms with van der Waals surface area (Å²) in [6.07, 6.45) is 0.496. The van der Waals surface area contributed by atoms with Crippen molar-refractivity contribution in [1.82, 2.24) is 0 Å². The van der Waals surface area contributed by atoms with Gasteiger partial charge in [0.05, 0.1) is 12.7 Å². The van der Waals surface area contributed by atoms with Crippen LogP contribution in [0.2, 0.25) is 0 Å². The molecule has 1 amide bonds. The summed E-state index contributed by atoms with van der Waals surface area (Å²) in [5.74, 6) is 5.66. The predicted molar refractivity (Wildman–Crippen MR) is 79.5 cm³/mol. The van der Waals surface area contributed by atoms with Gasteiger partial charge in [-0.25, -0.2) is 0 Å². The van der Waals surface area contributed by atoms with Crippen molar-refractivity contribution in [3.63, 3.8) is 0 Å². The Bertz CT molecular complexity index is 512. The highest BCUT2D eigenvalue weighted by Crippen LogP contribution is 2.16. The summed E-state index contributed by atoms with van der Waals surface area (Å²) in [7, 11) is 0. The van der Waals surface area contributed by atoms with E-state index in [0.29, 0.717) is 6.42 Å². The number of hydrogen-bond donors (Lipinski definition) is 2. The van der Waals surface area contributed by atoms with Crippen LogP contribution in [0, 0.1) is 18.8 Å². The number of carbonyl (C=O) groups excluding carboxylic acids is 1. The molecule has 0 atom stereocenters. The SMILES string of the molecule is Cc1cc(C#CCCO)ccc1NC(=O)COC(C)C. The van der Waals surface area contributed by atoms with Gasteiger partial charge in [-0.05, 0) is 44.5 Å². The molecule has 0 spiro atoms. The van der Waals surface area contributed by atoms with Crippen molar-refractivity contribution in [1.29, 1.82) is 0 Å². The Morgan fingerprint density at radius 3 is 2.80 bits per heavy atom. The monoisotopic (exact) mass is 275 g/mol. The lowest BCUT2D eigenvalue weighted by atomic mass is 10.1. The molecule has 108 valence electrons. The van der Waals surface area contributed by atoms with Crippen molar-refractivity contribution in [3.8, 4) is 11.8 Å². The van der Waals surface area contributed by atoms with E-state index in [4.69, 9.17) is 9.84 Å². The number of anilines is 1. The van der Waals surface area contributed by atoms with Crippen molar-refractivity contribution in [2.75, 3.05) is 18.5 Å². The van der Waals surface area contributed by atoms with Crippen LogP contribution in [0.3, 0.4) is 0 Å². The van der Waals surface area contributed by atoms with E-state index in [0.717, 1.165) is 16.8 Å². The summed E-state index contributed by atoms with van der Waals surface area (Å²) >= 11 is 0. The second-order valence-corrected chi connectivity index (χ2v) is 4.71. The molecule has 0 saturated heterocycles. The van der Waals surface area contributed by atoms with Crippen LogP contribution in [0.5, 0.6) is 0 Å². The Labute approximate surface area is 120 Å². The number of aliphatic hydroxyl groups is 1. The molecule has 0 aliphatic carbocycles. The zero-order valence-corrected chi connectivity index (χ0v) is 12.2. The van der Waals surface area contributed by atoms with Gasteiger partial charge in [-0.1, -0.05) is 11.8 Å². The fraction of sp³-hybridized carbons (Fsp3) is 0.438. The molecule has 4 heteroatoms. The smallest absolute Gasteiger partial charge is 0.250 e. The van der Waals surface area contributed by atoms with Gasteiger partial charge in [0.15, 0.2) is 0 Å². The molecule has 0 heterocycles. The van der Waals surface area contributed by atoms with Crippen LogP contribution in [0.15, 0.2) is 18.2 Å². The molecule has 1 aromatic carbocycles. The van der Waals surface area contributed by atoms with Gasteiger partial charge in [0.25, 0.3) is 0 Å². The van der Waals surface area contributed by atoms with Gasteiger partial charge >= 0.3 is 0 Å². The Balaban J connectivity index is 2.64. The van der Waals surface area contributed by atoms with Gasteiger partial charge in [-0.15, -0.1) is 0 Å². The number of nitrogens with one attached hydrogen (secondary N) is 1. The number of aliphatic hydroxyl groups excluding tert-OH is 1. The summed E-state index contributed by atoms with van der Waals surface area (Å²) in [4.78, 5) is 11.7. The summed E-state index contributed by atoms with van der Waals surface area (Å²) in [6.45, 7) is 5.80. The number of carbonyl (C=O) groups is 1. The van der Waals surface area contributed by atoms with E-state index in [1.54, 1.807) is 0 Å². The molecule has 0 aliphatic rings. The molecule has 1 aromatic rings. The van der Waals surface area contributed by atoms with Crippen LogP contribution >= 0.6 is 0 Å². The Hall–Kier alpha value is -1.83. The maximum atomic E-state index is 11.7. The van der Waals surface area contributed by atoms with E-state index in [9.17, 15) is 4.79 Å². The third-order valence-corrected chi connectivity index (χ3v) is 2.52. The first-order valence-electron chi connectivity index (χ1n) is 6.64. The number of amides is 1. The van der Waals surface area contributed by atoms with Gasteiger partial charge in [0.1, 0.15) is 6.61 Å². The van der Waals surface area contributed by atoms with Gasteiger partial charge in [-0.3, -0.25) is 4.79 Å². The molecule has 0 radical (unpaired) electrons.